The molecule has 0 bridgehead atoms. The van der Waals surface area contributed by atoms with Gasteiger partial charge in [-0.15, -0.1) is 0 Å². The molecule has 5 nitrogen and oxygen atoms in total. The predicted octanol–water partition coefficient (Wildman–Crippen LogP) is 3.15. The van der Waals surface area contributed by atoms with Gasteiger partial charge in [-0.1, -0.05) is 35.5 Å². The van der Waals surface area contributed by atoms with Crippen molar-refractivity contribution in [2.45, 2.75) is 19.9 Å². The Hall–Kier alpha value is -2.21. The van der Waals surface area contributed by atoms with Crippen molar-refractivity contribution in [2.75, 3.05) is 0 Å². The van der Waals surface area contributed by atoms with Crippen molar-refractivity contribution in [3.63, 3.8) is 0 Å². The largest absolute Gasteiger partial charge is 0.339 e. The summed E-state index contributed by atoms with van der Waals surface area (Å²) in [5, 5.41) is 3.79. The Labute approximate surface area is 121 Å². The monoisotopic (exact) mass is 286 g/mol. The molecule has 0 aliphatic rings. The highest BCUT2D eigenvalue weighted by atomic mass is 32.1. The lowest BCUT2D eigenvalue weighted by atomic mass is 10.2. The van der Waals surface area contributed by atoms with Crippen molar-refractivity contribution in [3.8, 4) is 11.3 Å². The van der Waals surface area contributed by atoms with Gasteiger partial charge >= 0.3 is 0 Å². The molecule has 2 aromatic heterocycles. The highest BCUT2D eigenvalue weighted by Gasteiger charge is 2.08. The number of aromatic amines is 1. The van der Waals surface area contributed by atoms with E-state index in [0.717, 1.165) is 11.3 Å². The lowest BCUT2D eigenvalue weighted by molar-refractivity contribution is 0.368. The molecule has 3 rings (SSSR count). The van der Waals surface area contributed by atoms with Crippen LogP contribution in [0.25, 0.3) is 11.3 Å². The summed E-state index contributed by atoms with van der Waals surface area (Å²) in [7, 11) is 0. The van der Waals surface area contributed by atoms with Gasteiger partial charge in [0.15, 0.2) is 10.6 Å². The fraction of sp³-hybridized carbons (Fsp3) is 0.214. The first-order chi connectivity index (χ1) is 9.74. The molecule has 0 atom stereocenters. The molecular formula is C14H14N4OS. The second-order valence-corrected chi connectivity index (χ2v) is 4.87. The van der Waals surface area contributed by atoms with E-state index >= 15 is 0 Å². The maximum absolute atomic E-state index is 5.33. The van der Waals surface area contributed by atoms with Crippen molar-refractivity contribution in [1.29, 1.82) is 0 Å². The lowest BCUT2D eigenvalue weighted by Gasteiger charge is -2.06. The predicted molar refractivity (Wildman–Crippen MR) is 77.8 cm³/mol. The smallest absolute Gasteiger partial charge is 0.228 e. The van der Waals surface area contributed by atoms with Crippen LogP contribution >= 0.6 is 12.2 Å². The number of aryl methyl sites for hydroxylation is 2. The van der Waals surface area contributed by atoms with Gasteiger partial charge in [-0.3, -0.25) is 0 Å². The van der Waals surface area contributed by atoms with Crippen LogP contribution in [0.1, 0.15) is 11.7 Å². The molecule has 0 unspecified atom stereocenters. The Morgan fingerprint density at radius 1 is 1.30 bits per heavy atom. The Morgan fingerprint density at radius 2 is 2.10 bits per heavy atom. The van der Waals surface area contributed by atoms with Gasteiger partial charge in [0.1, 0.15) is 0 Å². The molecule has 0 spiro atoms. The summed E-state index contributed by atoms with van der Waals surface area (Å²) in [6, 6.07) is 10.1. The molecule has 2 heterocycles. The average Bonchev–Trinajstić information content (AvgIpc) is 3.04. The van der Waals surface area contributed by atoms with Gasteiger partial charge in [-0.05, 0) is 24.7 Å². The Balaban J connectivity index is 1.86. The van der Waals surface area contributed by atoms with Crippen LogP contribution in [-0.2, 0) is 13.0 Å². The van der Waals surface area contributed by atoms with Crippen LogP contribution < -0.4 is 0 Å². The number of aromatic nitrogens is 4. The molecule has 0 fully saturated rings. The van der Waals surface area contributed by atoms with Crippen molar-refractivity contribution in [3.05, 3.63) is 53.0 Å². The number of hydrogen-bond acceptors (Lipinski definition) is 4. The highest BCUT2D eigenvalue weighted by molar-refractivity contribution is 7.71. The van der Waals surface area contributed by atoms with E-state index in [1.165, 1.54) is 0 Å². The summed E-state index contributed by atoms with van der Waals surface area (Å²) in [4.78, 5) is 7.30. The van der Waals surface area contributed by atoms with Crippen LogP contribution in [0, 0.1) is 11.7 Å². The van der Waals surface area contributed by atoms with Crippen LogP contribution in [0.5, 0.6) is 0 Å². The minimum Gasteiger partial charge on any atom is -0.339 e. The molecule has 0 aliphatic heterocycles. The summed E-state index contributed by atoms with van der Waals surface area (Å²) in [6.07, 6.45) is 2.59. The van der Waals surface area contributed by atoms with Gasteiger partial charge in [0.05, 0.1) is 5.69 Å². The standard InChI is InChI=1S/C14H14N4OS/c1-10-16-13(19-17-10)7-8-18-12(9-15-14(18)20)11-5-3-2-4-6-11/h2-6,9H,7-8H2,1H3,(H,15,20). The Morgan fingerprint density at radius 3 is 2.80 bits per heavy atom. The second-order valence-electron chi connectivity index (χ2n) is 4.48. The van der Waals surface area contributed by atoms with E-state index in [4.69, 9.17) is 16.7 Å². The third kappa shape index (κ3) is 2.55. The van der Waals surface area contributed by atoms with E-state index in [1.54, 1.807) is 0 Å². The van der Waals surface area contributed by atoms with Gasteiger partial charge < -0.3 is 14.1 Å². The van der Waals surface area contributed by atoms with Crippen molar-refractivity contribution in [1.82, 2.24) is 19.7 Å². The van der Waals surface area contributed by atoms with E-state index in [2.05, 4.69) is 27.3 Å². The van der Waals surface area contributed by atoms with Crippen molar-refractivity contribution >= 4 is 12.2 Å². The van der Waals surface area contributed by atoms with E-state index in [-0.39, 0.29) is 0 Å². The molecule has 0 radical (unpaired) electrons. The zero-order valence-corrected chi connectivity index (χ0v) is 11.9. The summed E-state index contributed by atoms with van der Waals surface area (Å²) in [6.45, 7) is 2.51. The molecule has 1 N–H and O–H groups in total. The van der Waals surface area contributed by atoms with Crippen molar-refractivity contribution < 1.29 is 4.52 Å². The highest BCUT2D eigenvalue weighted by Crippen LogP contribution is 2.19. The normalized spacial score (nSPS) is 10.8. The first-order valence-electron chi connectivity index (χ1n) is 6.37. The summed E-state index contributed by atoms with van der Waals surface area (Å²) in [5.74, 6) is 1.28. The van der Waals surface area contributed by atoms with E-state index in [9.17, 15) is 0 Å². The zero-order chi connectivity index (χ0) is 13.9. The second kappa shape index (κ2) is 5.42. The summed E-state index contributed by atoms with van der Waals surface area (Å²) in [5.41, 5.74) is 2.19. The van der Waals surface area contributed by atoms with Crippen LogP contribution in [0.2, 0.25) is 0 Å². The Bertz CT molecular complexity index is 757. The SMILES string of the molecule is Cc1noc(CCn2c(-c3ccccc3)c[nH]c2=S)n1. The molecule has 0 aliphatic carbocycles. The summed E-state index contributed by atoms with van der Waals surface area (Å²) < 4.78 is 7.87. The maximum atomic E-state index is 5.33. The fourth-order valence-electron chi connectivity index (χ4n) is 2.11. The van der Waals surface area contributed by atoms with Crippen LogP contribution in [0.4, 0.5) is 0 Å². The number of nitrogens with one attached hydrogen (secondary N) is 1. The average molecular weight is 286 g/mol. The molecule has 1 aromatic carbocycles. The molecule has 3 aromatic rings. The molecule has 0 saturated carbocycles. The van der Waals surface area contributed by atoms with Gasteiger partial charge in [0.2, 0.25) is 5.89 Å². The van der Waals surface area contributed by atoms with E-state index in [1.807, 2.05) is 35.9 Å². The first kappa shape index (κ1) is 12.8. The molecular weight excluding hydrogens is 272 g/mol. The molecule has 20 heavy (non-hydrogen) atoms. The number of H-pyrrole nitrogens is 1. The Kier molecular flexibility index (Phi) is 3.47. The van der Waals surface area contributed by atoms with Crippen LogP contribution in [0.15, 0.2) is 41.1 Å². The van der Waals surface area contributed by atoms with Gasteiger partial charge in [-0.25, -0.2) is 0 Å². The van der Waals surface area contributed by atoms with E-state index < -0.39 is 0 Å². The van der Waals surface area contributed by atoms with E-state index in [0.29, 0.717) is 29.5 Å². The minimum atomic E-state index is 0.629. The molecule has 0 saturated heterocycles. The molecule has 102 valence electrons. The quantitative estimate of drug-likeness (QED) is 0.748. The number of rotatable bonds is 4. The lowest BCUT2D eigenvalue weighted by Crippen LogP contribution is -2.03. The third-order valence-electron chi connectivity index (χ3n) is 3.06. The number of hydrogen-bond donors (Lipinski definition) is 1. The number of imidazole rings is 1. The van der Waals surface area contributed by atoms with Gasteiger partial charge in [0.25, 0.3) is 0 Å². The number of nitrogens with zero attached hydrogens (tertiary/aromatic N) is 3. The summed E-state index contributed by atoms with van der Waals surface area (Å²) >= 11 is 5.33. The molecule has 0 amide bonds. The number of benzene rings is 1. The first-order valence-corrected chi connectivity index (χ1v) is 6.77. The van der Waals surface area contributed by atoms with Gasteiger partial charge in [0, 0.05) is 19.2 Å². The van der Waals surface area contributed by atoms with Gasteiger partial charge in [-0.2, -0.15) is 4.98 Å². The van der Waals surface area contributed by atoms with Crippen LogP contribution in [-0.4, -0.2) is 19.7 Å². The van der Waals surface area contributed by atoms with Crippen LogP contribution in [0.3, 0.4) is 0 Å². The molecule has 6 heteroatoms. The zero-order valence-electron chi connectivity index (χ0n) is 11.0. The minimum absolute atomic E-state index is 0.629. The maximum Gasteiger partial charge on any atom is 0.228 e. The van der Waals surface area contributed by atoms with Crippen molar-refractivity contribution in [2.24, 2.45) is 0 Å². The fourth-order valence-corrected chi connectivity index (χ4v) is 2.36. The topological polar surface area (TPSA) is 59.6 Å². The third-order valence-corrected chi connectivity index (χ3v) is 3.40.